The van der Waals surface area contributed by atoms with Gasteiger partial charge in [-0.3, -0.25) is 14.4 Å². The van der Waals surface area contributed by atoms with Gasteiger partial charge in [0.15, 0.2) is 0 Å². The summed E-state index contributed by atoms with van der Waals surface area (Å²) < 4.78 is 0. The highest BCUT2D eigenvalue weighted by molar-refractivity contribution is 6.30. The van der Waals surface area contributed by atoms with Crippen LogP contribution >= 0.6 is 11.6 Å². The first-order valence-corrected chi connectivity index (χ1v) is 11.0. The van der Waals surface area contributed by atoms with E-state index in [9.17, 15) is 14.4 Å². The first-order valence-electron chi connectivity index (χ1n) is 10.6. The largest absolute Gasteiger partial charge is 0.352 e. The maximum Gasteiger partial charge on any atom is 0.251 e. The maximum atomic E-state index is 12.6. The van der Waals surface area contributed by atoms with Crippen molar-refractivity contribution < 1.29 is 14.4 Å². The summed E-state index contributed by atoms with van der Waals surface area (Å²) >= 11 is 5.82. The van der Waals surface area contributed by atoms with Crippen LogP contribution in [0.2, 0.25) is 5.02 Å². The first kappa shape index (κ1) is 21.6. The van der Waals surface area contributed by atoms with Crippen LogP contribution in [-0.2, 0) is 9.59 Å². The van der Waals surface area contributed by atoms with Gasteiger partial charge in [-0.2, -0.15) is 0 Å². The fourth-order valence-corrected chi connectivity index (χ4v) is 4.18. The maximum absolute atomic E-state index is 12.6. The molecule has 1 aromatic rings. The molecule has 0 aliphatic carbocycles. The van der Waals surface area contributed by atoms with E-state index in [1.54, 1.807) is 24.3 Å². The number of nitrogens with zero attached hydrogens (tertiary/aromatic N) is 2. The number of halogens is 1. The number of carbonyl (C=O) groups excluding carboxylic acids is 3. The van der Waals surface area contributed by atoms with Gasteiger partial charge in [-0.1, -0.05) is 11.6 Å². The van der Waals surface area contributed by atoms with Crippen molar-refractivity contribution in [1.82, 2.24) is 15.1 Å². The molecule has 2 aliphatic heterocycles. The van der Waals surface area contributed by atoms with Gasteiger partial charge >= 0.3 is 0 Å². The normalized spacial score (nSPS) is 17.8. The number of rotatable bonds is 6. The van der Waals surface area contributed by atoms with Crippen LogP contribution in [-0.4, -0.2) is 60.2 Å². The third-order valence-corrected chi connectivity index (χ3v) is 6.08. The van der Waals surface area contributed by atoms with Crippen LogP contribution < -0.4 is 5.32 Å². The zero-order chi connectivity index (χ0) is 20.6. The van der Waals surface area contributed by atoms with Gasteiger partial charge in [0.2, 0.25) is 11.8 Å². The lowest BCUT2D eigenvalue weighted by molar-refractivity contribution is -0.141. The van der Waals surface area contributed by atoms with Crippen molar-refractivity contribution >= 4 is 29.3 Å². The van der Waals surface area contributed by atoms with E-state index in [0.29, 0.717) is 43.1 Å². The summed E-state index contributed by atoms with van der Waals surface area (Å²) in [5, 5.41) is 3.42. The number of hydrogen-bond acceptors (Lipinski definition) is 3. The molecule has 0 atom stereocenters. The van der Waals surface area contributed by atoms with Crippen LogP contribution in [0.1, 0.15) is 55.3 Å². The Bertz CT molecular complexity index is 709. The number of hydrogen-bond donors (Lipinski definition) is 1. The molecule has 2 saturated heterocycles. The number of benzene rings is 1. The van der Waals surface area contributed by atoms with Crippen LogP contribution in [0.25, 0.3) is 0 Å². The molecule has 0 bridgehead atoms. The molecule has 29 heavy (non-hydrogen) atoms. The van der Waals surface area contributed by atoms with Crippen molar-refractivity contribution in [2.75, 3.05) is 32.7 Å². The third-order valence-electron chi connectivity index (χ3n) is 5.82. The van der Waals surface area contributed by atoms with Gasteiger partial charge in [0.05, 0.1) is 0 Å². The molecule has 0 saturated carbocycles. The Morgan fingerprint density at radius 2 is 1.59 bits per heavy atom. The van der Waals surface area contributed by atoms with Crippen molar-refractivity contribution in [1.29, 1.82) is 0 Å². The van der Waals surface area contributed by atoms with Gasteiger partial charge in [-0.15, -0.1) is 0 Å². The van der Waals surface area contributed by atoms with Gasteiger partial charge in [0.25, 0.3) is 5.91 Å². The van der Waals surface area contributed by atoms with Crippen molar-refractivity contribution in [3.05, 3.63) is 34.9 Å². The van der Waals surface area contributed by atoms with Gasteiger partial charge in [-0.25, -0.2) is 0 Å². The Kier molecular flexibility index (Phi) is 7.92. The molecule has 158 valence electrons. The molecular formula is C22H30ClN3O3. The summed E-state index contributed by atoms with van der Waals surface area (Å²) in [4.78, 5) is 41.0. The fraction of sp³-hybridized carbons (Fsp3) is 0.591. The van der Waals surface area contributed by atoms with E-state index in [1.807, 2.05) is 9.80 Å². The minimum Gasteiger partial charge on any atom is -0.352 e. The summed E-state index contributed by atoms with van der Waals surface area (Å²) in [6.07, 6.45) is 5.96. The topological polar surface area (TPSA) is 69.7 Å². The molecule has 6 nitrogen and oxygen atoms in total. The van der Waals surface area contributed by atoms with Crippen LogP contribution in [0.5, 0.6) is 0 Å². The average molecular weight is 420 g/mol. The van der Waals surface area contributed by atoms with Crippen LogP contribution in [0, 0.1) is 5.92 Å². The SMILES string of the molecule is O=C(NCCCC(=O)N1CCC(C(=O)N2CCCCC2)CC1)c1ccc(Cl)cc1. The molecule has 2 heterocycles. The molecule has 3 amide bonds. The zero-order valence-corrected chi connectivity index (χ0v) is 17.6. The summed E-state index contributed by atoms with van der Waals surface area (Å²) in [6, 6.07) is 6.72. The predicted octanol–water partition coefficient (Wildman–Crippen LogP) is 3.10. The van der Waals surface area contributed by atoms with Gasteiger partial charge < -0.3 is 15.1 Å². The Morgan fingerprint density at radius 1 is 0.931 bits per heavy atom. The van der Waals surface area contributed by atoms with Gasteiger partial charge in [0.1, 0.15) is 0 Å². The second-order valence-corrected chi connectivity index (χ2v) is 8.34. The molecule has 0 aromatic heterocycles. The molecule has 0 spiro atoms. The second kappa shape index (κ2) is 10.6. The smallest absolute Gasteiger partial charge is 0.251 e. The quantitative estimate of drug-likeness (QED) is 0.720. The molecule has 1 N–H and O–H groups in total. The van der Waals surface area contributed by atoms with Crippen molar-refractivity contribution in [3.63, 3.8) is 0 Å². The van der Waals surface area contributed by atoms with E-state index in [1.165, 1.54) is 6.42 Å². The Labute approximate surface area is 177 Å². The third kappa shape index (κ3) is 6.20. The molecule has 2 aliphatic rings. The standard InChI is InChI=1S/C22H30ClN3O3/c23-19-8-6-17(7-9-19)21(28)24-12-4-5-20(27)25-15-10-18(11-16-25)22(29)26-13-2-1-3-14-26/h6-9,18H,1-5,10-16H2,(H,24,28). The molecule has 0 unspecified atom stereocenters. The van der Waals surface area contributed by atoms with E-state index in [-0.39, 0.29) is 23.6 Å². The Balaban J connectivity index is 1.33. The van der Waals surface area contributed by atoms with Gasteiger partial charge in [-0.05, 0) is 62.8 Å². The summed E-state index contributed by atoms with van der Waals surface area (Å²) in [7, 11) is 0. The number of amides is 3. The highest BCUT2D eigenvalue weighted by Crippen LogP contribution is 2.22. The molecule has 7 heteroatoms. The lowest BCUT2D eigenvalue weighted by Crippen LogP contribution is -2.45. The van der Waals surface area contributed by atoms with Crippen LogP contribution in [0.3, 0.4) is 0 Å². The highest BCUT2D eigenvalue weighted by Gasteiger charge is 2.30. The molecule has 2 fully saturated rings. The van der Waals surface area contributed by atoms with Crippen molar-refractivity contribution in [2.45, 2.75) is 44.9 Å². The summed E-state index contributed by atoms with van der Waals surface area (Å²) in [5.74, 6) is 0.290. The minimum atomic E-state index is -0.161. The highest BCUT2D eigenvalue weighted by atomic mass is 35.5. The van der Waals surface area contributed by atoms with Crippen LogP contribution in [0.4, 0.5) is 0 Å². The Morgan fingerprint density at radius 3 is 2.24 bits per heavy atom. The first-order chi connectivity index (χ1) is 14.0. The van der Waals surface area contributed by atoms with Crippen molar-refractivity contribution in [3.8, 4) is 0 Å². The lowest BCUT2D eigenvalue weighted by Gasteiger charge is -2.35. The van der Waals surface area contributed by atoms with E-state index < -0.39 is 0 Å². The van der Waals surface area contributed by atoms with E-state index in [4.69, 9.17) is 11.6 Å². The Hall–Kier alpha value is -2.08. The monoisotopic (exact) mass is 419 g/mol. The fourth-order valence-electron chi connectivity index (χ4n) is 4.05. The molecule has 3 rings (SSSR count). The second-order valence-electron chi connectivity index (χ2n) is 7.91. The van der Waals surface area contributed by atoms with E-state index in [0.717, 1.165) is 38.8 Å². The van der Waals surface area contributed by atoms with E-state index >= 15 is 0 Å². The minimum absolute atomic E-state index is 0.0656. The molecule has 0 radical (unpaired) electrons. The van der Waals surface area contributed by atoms with Gasteiger partial charge in [0, 0.05) is 55.6 Å². The number of piperidine rings is 2. The summed E-state index contributed by atoms with van der Waals surface area (Å²) in [5.41, 5.74) is 0.557. The van der Waals surface area contributed by atoms with E-state index in [2.05, 4.69) is 5.32 Å². The molecular weight excluding hydrogens is 390 g/mol. The number of carbonyl (C=O) groups is 3. The zero-order valence-electron chi connectivity index (χ0n) is 16.9. The summed E-state index contributed by atoms with van der Waals surface area (Å²) in [6.45, 7) is 3.54. The average Bonchev–Trinajstić information content (AvgIpc) is 2.77. The molecule has 1 aromatic carbocycles. The lowest BCUT2D eigenvalue weighted by atomic mass is 9.94. The predicted molar refractivity (Wildman–Crippen MR) is 113 cm³/mol. The number of likely N-dealkylation sites (tertiary alicyclic amines) is 2. The van der Waals surface area contributed by atoms with Crippen molar-refractivity contribution in [2.24, 2.45) is 5.92 Å². The van der Waals surface area contributed by atoms with Crippen LogP contribution in [0.15, 0.2) is 24.3 Å². The number of nitrogens with one attached hydrogen (secondary N) is 1.